The minimum Gasteiger partial charge on any atom is -0.507 e. The van der Waals surface area contributed by atoms with Crippen molar-refractivity contribution in [3.63, 3.8) is 0 Å². The van der Waals surface area contributed by atoms with Crippen LogP contribution in [0.2, 0.25) is 10.0 Å². The summed E-state index contributed by atoms with van der Waals surface area (Å²) in [7, 11) is 1.55. The fourth-order valence-electron chi connectivity index (χ4n) is 4.12. The third kappa shape index (κ3) is 4.00. The van der Waals surface area contributed by atoms with Crippen LogP contribution >= 0.6 is 23.2 Å². The molecule has 1 fully saturated rings. The van der Waals surface area contributed by atoms with Gasteiger partial charge in [-0.05, 0) is 79.1 Å². The number of phenolic OH excluding ortho intramolecular Hbond substituents is 1. The third-order valence-corrected chi connectivity index (χ3v) is 6.39. The molecule has 1 atom stereocenters. The molecule has 3 aromatic rings. The Morgan fingerprint density at radius 3 is 2.26 bits per heavy atom. The molecular weight excluding hydrogens is 477 g/mol. The monoisotopic (exact) mass is 497 g/mol. The number of carbonyl (C=O) groups excluding carboxylic acids is 2. The van der Waals surface area contributed by atoms with Gasteiger partial charge in [-0.1, -0.05) is 29.3 Å². The van der Waals surface area contributed by atoms with Crippen molar-refractivity contribution in [2.24, 2.45) is 0 Å². The van der Waals surface area contributed by atoms with Crippen LogP contribution in [-0.4, -0.2) is 29.0 Å². The predicted molar refractivity (Wildman–Crippen MR) is 132 cm³/mol. The van der Waals surface area contributed by atoms with Crippen LogP contribution in [0.5, 0.6) is 11.5 Å². The molecule has 3 aromatic carbocycles. The molecule has 0 spiro atoms. The number of hydrogen-bond donors (Lipinski definition) is 2. The van der Waals surface area contributed by atoms with Gasteiger partial charge in [0.25, 0.3) is 11.7 Å². The largest absolute Gasteiger partial charge is 0.507 e. The van der Waals surface area contributed by atoms with Crippen molar-refractivity contribution >= 4 is 46.3 Å². The molecule has 1 aliphatic heterocycles. The van der Waals surface area contributed by atoms with Crippen molar-refractivity contribution in [1.82, 2.24) is 0 Å². The van der Waals surface area contributed by atoms with E-state index in [1.807, 2.05) is 6.92 Å². The number of ether oxygens (including phenoxy) is 1. The zero-order valence-electron chi connectivity index (χ0n) is 18.6. The van der Waals surface area contributed by atoms with Crippen molar-refractivity contribution in [2.45, 2.75) is 19.9 Å². The SMILES string of the molecule is COc1cc(C)c(/C(O)=C2\C(=O)C(=O)N(c3ccc(Cl)cc3)C2c2ccc(O)c(Cl)c2)cc1C. The Morgan fingerprint density at radius 1 is 0.971 bits per heavy atom. The van der Waals surface area contributed by atoms with E-state index in [4.69, 9.17) is 27.9 Å². The third-order valence-electron chi connectivity index (χ3n) is 5.83. The number of benzene rings is 3. The highest BCUT2D eigenvalue weighted by atomic mass is 35.5. The fraction of sp³-hybridized carbons (Fsp3) is 0.154. The first-order valence-corrected chi connectivity index (χ1v) is 11.1. The lowest BCUT2D eigenvalue weighted by atomic mass is 9.93. The molecule has 174 valence electrons. The number of nitrogens with zero attached hydrogens (tertiary/aromatic N) is 1. The Balaban J connectivity index is 1.99. The van der Waals surface area contributed by atoms with Crippen LogP contribution in [0.1, 0.15) is 28.3 Å². The van der Waals surface area contributed by atoms with Crippen molar-refractivity contribution < 1.29 is 24.5 Å². The van der Waals surface area contributed by atoms with Crippen LogP contribution in [0.3, 0.4) is 0 Å². The highest BCUT2D eigenvalue weighted by Crippen LogP contribution is 2.44. The maximum atomic E-state index is 13.3. The number of hydrogen-bond acceptors (Lipinski definition) is 5. The number of aromatic hydroxyl groups is 1. The molecule has 6 nitrogen and oxygen atoms in total. The van der Waals surface area contributed by atoms with E-state index in [9.17, 15) is 19.8 Å². The minimum atomic E-state index is -0.985. The van der Waals surface area contributed by atoms with Gasteiger partial charge in [-0.3, -0.25) is 14.5 Å². The summed E-state index contributed by atoms with van der Waals surface area (Å²) < 4.78 is 5.35. The van der Waals surface area contributed by atoms with E-state index in [-0.39, 0.29) is 22.1 Å². The second kappa shape index (κ2) is 9.05. The second-order valence-corrected chi connectivity index (χ2v) is 8.84. The lowest BCUT2D eigenvalue weighted by Gasteiger charge is -2.26. The second-order valence-electron chi connectivity index (χ2n) is 7.99. The molecule has 0 saturated carbocycles. The van der Waals surface area contributed by atoms with Crippen LogP contribution in [0.25, 0.3) is 5.76 Å². The van der Waals surface area contributed by atoms with Crippen molar-refractivity contribution in [2.75, 3.05) is 12.0 Å². The van der Waals surface area contributed by atoms with E-state index in [0.29, 0.717) is 33.1 Å². The Bertz CT molecular complexity index is 1350. The lowest BCUT2D eigenvalue weighted by Crippen LogP contribution is -2.29. The summed E-state index contributed by atoms with van der Waals surface area (Å²) >= 11 is 12.2. The van der Waals surface area contributed by atoms with E-state index < -0.39 is 17.7 Å². The highest BCUT2D eigenvalue weighted by Gasteiger charge is 2.47. The quantitative estimate of drug-likeness (QED) is 0.264. The number of aryl methyl sites for hydroxylation is 2. The average Bonchev–Trinajstić information content (AvgIpc) is 3.07. The standard InChI is InChI=1S/C26H21Cl2NO5/c1-13-11-21(34-3)14(2)10-18(13)24(31)22-23(15-4-9-20(30)19(28)12-15)29(26(33)25(22)32)17-7-5-16(27)6-8-17/h4-12,23,30-31H,1-3H3/b24-22+. The summed E-state index contributed by atoms with van der Waals surface area (Å²) in [6, 6.07) is 13.3. The van der Waals surface area contributed by atoms with Gasteiger partial charge in [0.15, 0.2) is 0 Å². The molecule has 1 aliphatic rings. The molecule has 0 aliphatic carbocycles. The predicted octanol–water partition coefficient (Wildman–Crippen LogP) is 5.95. The first-order valence-electron chi connectivity index (χ1n) is 10.3. The van der Waals surface area contributed by atoms with Crippen molar-refractivity contribution in [1.29, 1.82) is 0 Å². The number of amides is 1. The first kappa shape index (κ1) is 23.7. The molecule has 0 bridgehead atoms. The molecule has 0 aromatic heterocycles. The Hall–Kier alpha value is -3.48. The van der Waals surface area contributed by atoms with Crippen molar-refractivity contribution in [3.05, 3.63) is 92.5 Å². The summed E-state index contributed by atoms with van der Waals surface area (Å²) in [5, 5.41) is 21.8. The van der Waals surface area contributed by atoms with Gasteiger partial charge < -0.3 is 14.9 Å². The molecule has 4 rings (SSSR count). The number of aliphatic hydroxyl groups is 1. The fourth-order valence-corrected chi connectivity index (χ4v) is 4.43. The summed E-state index contributed by atoms with van der Waals surface area (Å²) in [5.74, 6) is -1.46. The topological polar surface area (TPSA) is 87.1 Å². The normalized spacial score (nSPS) is 17.3. The van der Waals surface area contributed by atoms with Gasteiger partial charge in [0.2, 0.25) is 0 Å². The lowest BCUT2D eigenvalue weighted by molar-refractivity contribution is -0.132. The summed E-state index contributed by atoms with van der Waals surface area (Å²) in [4.78, 5) is 27.8. The zero-order chi connectivity index (χ0) is 24.7. The number of phenols is 1. The Kier molecular flexibility index (Phi) is 6.30. The maximum absolute atomic E-state index is 13.3. The molecular formula is C26H21Cl2NO5. The Labute approximate surface area is 206 Å². The maximum Gasteiger partial charge on any atom is 0.300 e. The van der Waals surface area contributed by atoms with Gasteiger partial charge in [0.05, 0.1) is 23.7 Å². The van der Waals surface area contributed by atoms with E-state index >= 15 is 0 Å². The van der Waals surface area contributed by atoms with Crippen LogP contribution < -0.4 is 9.64 Å². The van der Waals surface area contributed by atoms with E-state index in [2.05, 4.69) is 0 Å². The van der Waals surface area contributed by atoms with E-state index in [1.54, 1.807) is 56.5 Å². The number of carbonyl (C=O) groups is 2. The van der Waals surface area contributed by atoms with Gasteiger partial charge >= 0.3 is 0 Å². The number of halogens is 2. The van der Waals surface area contributed by atoms with Gasteiger partial charge in [-0.15, -0.1) is 0 Å². The Morgan fingerprint density at radius 2 is 1.65 bits per heavy atom. The van der Waals surface area contributed by atoms with Crippen LogP contribution in [-0.2, 0) is 9.59 Å². The van der Waals surface area contributed by atoms with E-state index in [0.717, 1.165) is 5.56 Å². The molecule has 1 saturated heterocycles. The van der Waals surface area contributed by atoms with Gasteiger partial charge in [-0.2, -0.15) is 0 Å². The molecule has 1 amide bonds. The molecule has 1 heterocycles. The summed E-state index contributed by atoms with van der Waals surface area (Å²) in [5.41, 5.74) is 2.60. The van der Waals surface area contributed by atoms with E-state index in [1.165, 1.54) is 17.0 Å². The average molecular weight is 498 g/mol. The van der Waals surface area contributed by atoms with Crippen LogP contribution in [0.4, 0.5) is 5.69 Å². The number of methoxy groups -OCH3 is 1. The van der Waals surface area contributed by atoms with Gasteiger partial charge in [-0.25, -0.2) is 0 Å². The summed E-state index contributed by atoms with van der Waals surface area (Å²) in [6.07, 6.45) is 0. The highest BCUT2D eigenvalue weighted by molar-refractivity contribution is 6.51. The van der Waals surface area contributed by atoms with Crippen LogP contribution in [0, 0.1) is 13.8 Å². The minimum absolute atomic E-state index is 0.0515. The first-order chi connectivity index (χ1) is 16.1. The van der Waals surface area contributed by atoms with Crippen LogP contribution in [0.15, 0.2) is 60.2 Å². The number of anilines is 1. The van der Waals surface area contributed by atoms with Gasteiger partial charge in [0, 0.05) is 16.3 Å². The number of ketones is 1. The summed E-state index contributed by atoms with van der Waals surface area (Å²) in [6.45, 7) is 3.59. The molecule has 34 heavy (non-hydrogen) atoms. The molecule has 1 unspecified atom stereocenters. The number of rotatable bonds is 4. The molecule has 8 heteroatoms. The molecule has 0 radical (unpaired) electrons. The van der Waals surface area contributed by atoms with Crippen molar-refractivity contribution in [3.8, 4) is 11.5 Å². The van der Waals surface area contributed by atoms with Gasteiger partial charge in [0.1, 0.15) is 17.3 Å². The number of aliphatic hydroxyl groups excluding tert-OH is 1. The molecule has 2 N–H and O–H groups in total. The smallest absolute Gasteiger partial charge is 0.300 e. The zero-order valence-corrected chi connectivity index (χ0v) is 20.1. The number of Topliss-reactive ketones (excluding diaryl/α,β-unsaturated/α-hetero) is 1.